The standard InChI is InChI=1S/C23H23N9O3/c1-29-21-19(22(33)30(2)23(29)34)31(14-26-21)8-9-35-17-11-25-18(20(24)28-17)16-10-27-32(13-16)12-15-6-4-3-5-7-15/h3-7,10-11,13-14H,8-9,12H2,1-2H3,(H2,24,28). The first-order valence-corrected chi connectivity index (χ1v) is 10.9. The summed E-state index contributed by atoms with van der Waals surface area (Å²) in [6.07, 6.45) is 6.56. The molecule has 0 atom stereocenters. The van der Waals surface area contributed by atoms with Gasteiger partial charge >= 0.3 is 5.69 Å². The number of nitrogen functional groups attached to an aromatic ring is 1. The van der Waals surface area contributed by atoms with Crippen LogP contribution in [0.25, 0.3) is 22.4 Å². The van der Waals surface area contributed by atoms with E-state index < -0.39 is 11.2 Å². The number of anilines is 1. The number of fused-ring (bicyclic) bond motifs is 1. The van der Waals surface area contributed by atoms with Crippen LogP contribution in [0.3, 0.4) is 0 Å². The van der Waals surface area contributed by atoms with Crippen LogP contribution in [0.2, 0.25) is 0 Å². The molecule has 35 heavy (non-hydrogen) atoms. The van der Waals surface area contributed by atoms with E-state index in [9.17, 15) is 9.59 Å². The van der Waals surface area contributed by atoms with E-state index >= 15 is 0 Å². The average Bonchev–Trinajstić information content (AvgIpc) is 3.49. The molecule has 0 fully saturated rings. The van der Waals surface area contributed by atoms with Gasteiger partial charge < -0.3 is 15.0 Å². The quantitative estimate of drug-likeness (QED) is 0.366. The number of aryl methyl sites for hydroxylation is 1. The van der Waals surface area contributed by atoms with Crippen LogP contribution in [0.4, 0.5) is 5.82 Å². The largest absolute Gasteiger partial charge is 0.475 e. The van der Waals surface area contributed by atoms with Crippen LogP contribution < -0.4 is 21.7 Å². The second-order valence-electron chi connectivity index (χ2n) is 8.02. The predicted molar refractivity (Wildman–Crippen MR) is 129 cm³/mol. The van der Waals surface area contributed by atoms with Crippen molar-refractivity contribution in [2.24, 2.45) is 14.1 Å². The Labute approximate surface area is 198 Å². The zero-order valence-corrected chi connectivity index (χ0v) is 19.2. The monoisotopic (exact) mass is 473 g/mol. The summed E-state index contributed by atoms with van der Waals surface area (Å²) in [5.74, 6) is 0.478. The summed E-state index contributed by atoms with van der Waals surface area (Å²) in [5, 5.41) is 4.38. The molecular formula is C23H23N9O3. The van der Waals surface area contributed by atoms with Gasteiger partial charge in [0.05, 0.1) is 31.8 Å². The van der Waals surface area contributed by atoms with Gasteiger partial charge in [0.25, 0.3) is 5.56 Å². The third-order valence-electron chi connectivity index (χ3n) is 5.67. The van der Waals surface area contributed by atoms with E-state index in [2.05, 4.69) is 20.1 Å². The molecule has 12 heteroatoms. The minimum absolute atomic E-state index is 0.194. The van der Waals surface area contributed by atoms with Crippen molar-refractivity contribution in [3.63, 3.8) is 0 Å². The number of rotatable bonds is 7. The predicted octanol–water partition coefficient (Wildman–Crippen LogP) is 0.797. The molecule has 1 aromatic carbocycles. The fourth-order valence-corrected chi connectivity index (χ4v) is 3.84. The Morgan fingerprint density at radius 1 is 1.03 bits per heavy atom. The fourth-order valence-electron chi connectivity index (χ4n) is 3.84. The summed E-state index contributed by atoms with van der Waals surface area (Å²) in [5.41, 5.74) is 8.34. The number of hydrogen-bond acceptors (Lipinski definition) is 8. The van der Waals surface area contributed by atoms with Gasteiger partial charge in [-0.05, 0) is 5.56 Å². The van der Waals surface area contributed by atoms with Gasteiger partial charge in [-0.15, -0.1) is 0 Å². The molecule has 5 aromatic rings. The molecule has 0 radical (unpaired) electrons. The SMILES string of the molecule is Cn1c(=O)c2c(ncn2CCOc2cnc(-c3cnn(Cc4ccccc4)c3)c(N)n2)n(C)c1=O. The van der Waals surface area contributed by atoms with Crippen molar-refractivity contribution in [3.8, 4) is 17.1 Å². The van der Waals surface area contributed by atoms with Crippen molar-refractivity contribution in [3.05, 3.63) is 81.7 Å². The number of benzene rings is 1. The molecule has 5 rings (SSSR count). The second-order valence-corrected chi connectivity index (χ2v) is 8.02. The molecule has 178 valence electrons. The van der Waals surface area contributed by atoms with Crippen LogP contribution in [0, 0.1) is 0 Å². The molecule has 4 heterocycles. The molecule has 2 N–H and O–H groups in total. The van der Waals surface area contributed by atoms with Gasteiger partial charge in [-0.1, -0.05) is 30.3 Å². The third-order valence-corrected chi connectivity index (χ3v) is 5.67. The van der Waals surface area contributed by atoms with E-state index in [1.807, 2.05) is 41.2 Å². The lowest BCUT2D eigenvalue weighted by Crippen LogP contribution is -2.37. The normalized spacial score (nSPS) is 11.3. The van der Waals surface area contributed by atoms with E-state index in [-0.39, 0.29) is 18.3 Å². The molecule has 0 spiro atoms. The summed E-state index contributed by atoms with van der Waals surface area (Å²) in [6, 6.07) is 10.0. The maximum absolute atomic E-state index is 12.5. The van der Waals surface area contributed by atoms with Gasteiger partial charge in [-0.3, -0.25) is 18.6 Å². The van der Waals surface area contributed by atoms with Crippen molar-refractivity contribution in [1.29, 1.82) is 0 Å². The van der Waals surface area contributed by atoms with E-state index in [0.29, 0.717) is 29.9 Å². The van der Waals surface area contributed by atoms with Crippen molar-refractivity contribution >= 4 is 17.0 Å². The molecule has 0 amide bonds. The molecule has 0 aliphatic rings. The summed E-state index contributed by atoms with van der Waals surface area (Å²) in [4.78, 5) is 37.5. The van der Waals surface area contributed by atoms with Gasteiger partial charge in [-0.25, -0.2) is 14.8 Å². The Morgan fingerprint density at radius 3 is 2.60 bits per heavy atom. The van der Waals surface area contributed by atoms with Gasteiger partial charge in [0, 0.05) is 25.9 Å². The van der Waals surface area contributed by atoms with E-state index in [1.54, 1.807) is 17.8 Å². The maximum atomic E-state index is 12.5. The highest BCUT2D eigenvalue weighted by molar-refractivity contribution is 5.70. The smallest absolute Gasteiger partial charge is 0.332 e. The van der Waals surface area contributed by atoms with Crippen molar-refractivity contribution in [2.75, 3.05) is 12.3 Å². The van der Waals surface area contributed by atoms with Crippen LogP contribution >= 0.6 is 0 Å². The highest BCUT2D eigenvalue weighted by atomic mass is 16.5. The molecule has 0 saturated heterocycles. The van der Waals surface area contributed by atoms with Gasteiger partial charge in [0.2, 0.25) is 5.88 Å². The lowest BCUT2D eigenvalue weighted by atomic mass is 10.2. The van der Waals surface area contributed by atoms with Crippen LogP contribution in [-0.4, -0.2) is 45.0 Å². The molecule has 0 bridgehead atoms. The second kappa shape index (κ2) is 8.89. The van der Waals surface area contributed by atoms with E-state index in [1.165, 1.54) is 24.1 Å². The topological polar surface area (TPSA) is 141 Å². The van der Waals surface area contributed by atoms with Crippen LogP contribution in [0.5, 0.6) is 5.88 Å². The third kappa shape index (κ3) is 4.16. The zero-order chi connectivity index (χ0) is 24.5. The van der Waals surface area contributed by atoms with E-state index in [0.717, 1.165) is 15.7 Å². The Bertz CT molecular complexity index is 1630. The van der Waals surface area contributed by atoms with Crippen LogP contribution in [-0.2, 0) is 27.2 Å². The molecule has 0 aliphatic heterocycles. The first-order valence-electron chi connectivity index (χ1n) is 10.9. The first-order chi connectivity index (χ1) is 16.9. The zero-order valence-electron chi connectivity index (χ0n) is 19.2. The molecule has 0 unspecified atom stereocenters. The van der Waals surface area contributed by atoms with Crippen molar-refractivity contribution in [2.45, 2.75) is 13.1 Å². The van der Waals surface area contributed by atoms with Crippen LogP contribution in [0.15, 0.2) is 64.8 Å². The Kier molecular flexibility index (Phi) is 5.61. The van der Waals surface area contributed by atoms with Crippen molar-refractivity contribution < 1.29 is 4.74 Å². The lowest BCUT2D eigenvalue weighted by molar-refractivity contribution is 0.288. The number of imidazole rings is 1. The van der Waals surface area contributed by atoms with E-state index in [4.69, 9.17) is 10.5 Å². The van der Waals surface area contributed by atoms with Gasteiger partial charge in [0.15, 0.2) is 17.0 Å². The lowest BCUT2D eigenvalue weighted by Gasteiger charge is -2.09. The molecule has 0 saturated carbocycles. The Morgan fingerprint density at radius 2 is 1.83 bits per heavy atom. The summed E-state index contributed by atoms with van der Waals surface area (Å²) in [7, 11) is 3.01. The Balaban J connectivity index is 1.27. The van der Waals surface area contributed by atoms with Gasteiger partial charge in [-0.2, -0.15) is 10.1 Å². The van der Waals surface area contributed by atoms with Gasteiger partial charge in [0.1, 0.15) is 12.3 Å². The maximum Gasteiger partial charge on any atom is 0.332 e. The molecule has 12 nitrogen and oxygen atoms in total. The highest BCUT2D eigenvalue weighted by Crippen LogP contribution is 2.23. The number of hydrogen-bond donors (Lipinski definition) is 1. The summed E-state index contributed by atoms with van der Waals surface area (Å²) < 4.78 is 11.5. The van der Waals surface area contributed by atoms with Crippen molar-refractivity contribution in [1.82, 2.24) is 38.4 Å². The summed E-state index contributed by atoms with van der Waals surface area (Å²) >= 11 is 0. The number of nitrogens with zero attached hydrogens (tertiary/aromatic N) is 8. The number of aromatic nitrogens is 8. The fraction of sp³-hybridized carbons (Fsp3) is 0.217. The number of nitrogens with two attached hydrogens (primary N) is 1. The minimum atomic E-state index is -0.430. The van der Waals surface area contributed by atoms with Crippen LogP contribution in [0.1, 0.15) is 5.56 Å². The number of ether oxygens (including phenoxy) is 1. The summed E-state index contributed by atoms with van der Waals surface area (Å²) in [6.45, 7) is 1.15. The average molecular weight is 473 g/mol. The highest BCUT2D eigenvalue weighted by Gasteiger charge is 2.15. The minimum Gasteiger partial charge on any atom is -0.475 e. The Hall–Kier alpha value is -4.74. The molecular weight excluding hydrogens is 450 g/mol. The molecule has 4 aromatic heterocycles. The molecule has 0 aliphatic carbocycles. The first kappa shape index (κ1) is 22.1.